The van der Waals surface area contributed by atoms with E-state index in [1.807, 2.05) is 42.9 Å². The fourth-order valence-electron chi connectivity index (χ4n) is 2.90. The van der Waals surface area contributed by atoms with Gasteiger partial charge in [0, 0.05) is 44.5 Å². The van der Waals surface area contributed by atoms with Crippen molar-refractivity contribution in [3.05, 3.63) is 41.3 Å². The van der Waals surface area contributed by atoms with Gasteiger partial charge >= 0.3 is 0 Å². The van der Waals surface area contributed by atoms with Crippen molar-refractivity contribution in [1.29, 1.82) is 0 Å². The number of hydrogen-bond donors (Lipinski definition) is 1. The molecule has 25 heavy (non-hydrogen) atoms. The highest BCUT2D eigenvalue weighted by Gasteiger charge is 2.12. The predicted octanol–water partition coefficient (Wildman–Crippen LogP) is 1.44. The lowest BCUT2D eigenvalue weighted by Crippen LogP contribution is -2.36. The van der Waals surface area contributed by atoms with Crippen LogP contribution in [0.3, 0.4) is 0 Å². The molecule has 0 atom stereocenters. The van der Waals surface area contributed by atoms with Crippen LogP contribution in [0.25, 0.3) is 0 Å². The summed E-state index contributed by atoms with van der Waals surface area (Å²) in [5, 5.41) is 7.31. The molecular formula is C18H25N5O2. The Hall–Kier alpha value is -2.41. The second-order valence-corrected chi connectivity index (χ2v) is 6.30. The van der Waals surface area contributed by atoms with Crippen molar-refractivity contribution in [2.45, 2.75) is 33.4 Å². The summed E-state index contributed by atoms with van der Waals surface area (Å²) in [5.74, 6) is 0.979. The number of carbonyl (C=O) groups excluding carboxylic acids is 1. The zero-order valence-corrected chi connectivity index (χ0v) is 14.9. The molecule has 2 aromatic rings. The van der Waals surface area contributed by atoms with Gasteiger partial charge in [0.25, 0.3) is 0 Å². The number of carbonyl (C=O) groups is 1. The SMILES string of the molecule is Cc1cc(C)n(CCC(=O)NCc2ccc(N3CCOCC3)nc2)n1. The first-order chi connectivity index (χ1) is 12.1. The number of nitrogens with zero attached hydrogens (tertiary/aromatic N) is 4. The monoisotopic (exact) mass is 343 g/mol. The number of amides is 1. The minimum absolute atomic E-state index is 0.0183. The highest BCUT2D eigenvalue weighted by atomic mass is 16.5. The number of nitrogens with one attached hydrogen (secondary N) is 1. The summed E-state index contributed by atoms with van der Waals surface area (Å²) in [5.41, 5.74) is 3.05. The van der Waals surface area contributed by atoms with Crippen LogP contribution in [-0.4, -0.2) is 47.0 Å². The van der Waals surface area contributed by atoms with E-state index in [1.165, 1.54) is 0 Å². The summed E-state index contributed by atoms with van der Waals surface area (Å²) in [4.78, 5) is 18.7. The van der Waals surface area contributed by atoms with Gasteiger partial charge in [-0.2, -0.15) is 5.10 Å². The molecule has 3 rings (SSSR count). The smallest absolute Gasteiger partial charge is 0.222 e. The fourth-order valence-corrected chi connectivity index (χ4v) is 2.90. The average Bonchev–Trinajstić information content (AvgIpc) is 2.96. The van der Waals surface area contributed by atoms with E-state index < -0.39 is 0 Å². The lowest BCUT2D eigenvalue weighted by Gasteiger charge is -2.27. The molecule has 0 saturated carbocycles. The van der Waals surface area contributed by atoms with Gasteiger partial charge in [-0.25, -0.2) is 4.98 Å². The molecule has 1 aliphatic heterocycles. The predicted molar refractivity (Wildman–Crippen MR) is 95.4 cm³/mol. The standard InChI is InChI=1S/C18H25N5O2/c1-14-11-15(2)23(21-14)6-5-18(24)20-13-16-3-4-17(19-12-16)22-7-9-25-10-8-22/h3-4,11-12H,5-10,13H2,1-2H3,(H,20,24). The molecule has 0 radical (unpaired) electrons. The van der Waals surface area contributed by atoms with Crippen molar-refractivity contribution < 1.29 is 9.53 Å². The summed E-state index contributed by atoms with van der Waals surface area (Å²) >= 11 is 0. The normalized spacial score (nSPS) is 14.6. The van der Waals surface area contributed by atoms with Gasteiger partial charge < -0.3 is 15.0 Å². The summed E-state index contributed by atoms with van der Waals surface area (Å²) in [6, 6.07) is 6.03. The van der Waals surface area contributed by atoms with Crippen LogP contribution in [0, 0.1) is 13.8 Å². The molecule has 0 aliphatic carbocycles. The number of anilines is 1. The second kappa shape index (κ2) is 8.11. The van der Waals surface area contributed by atoms with Gasteiger partial charge in [0.1, 0.15) is 5.82 Å². The van der Waals surface area contributed by atoms with Gasteiger partial charge in [0.2, 0.25) is 5.91 Å². The Morgan fingerprint density at radius 3 is 2.72 bits per heavy atom. The lowest BCUT2D eigenvalue weighted by molar-refractivity contribution is -0.121. The number of aryl methyl sites for hydroxylation is 3. The number of pyridine rings is 1. The maximum Gasteiger partial charge on any atom is 0.222 e. The van der Waals surface area contributed by atoms with Crippen LogP contribution in [0.5, 0.6) is 0 Å². The summed E-state index contributed by atoms with van der Waals surface area (Å²) in [6.07, 6.45) is 2.24. The first kappa shape index (κ1) is 17.4. The molecule has 1 aliphatic rings. The molecule has 1 amide bonds. The zero-order chi connectivity index (χ0) is 17.6. The first-order valence-electron chi connectivity index (χ1n) is 8.67. The van der Waals surface area contributed by atoms with Gasteiger partial charge in [-0.3, -0.25) is 9.48 Å². The number of hydrogen-bond acceptors (Lipinski definition) is 5. The molecule has 1 fully saturated rings. The maximum absolute atomic E-state index is 12.0. The van der Waals surface area contributed by atoms with Crippen molar-refractivity contribution in [2.24, 2.45) is 0 Å². The van der Waals surface area contributed by atoms with Crippen LogP contribution in [-0.2, 0) is 22.6 Å². The topological polar surface area (TPSA) is 72.3 Å². The summed E-state index contributed by atoms with van der Waals surface area (Å²) in [6.45, 7) is 8.27. The third-order valence-corrected chi connectivity index (χ3v) is 4.29. The number of morpholine rings is 1. The molecule has 0 bridgehead atoms. The van der Waals surface area contributed by atoms with Crippen molar-refractivity contribution in [1.82, 2.24) is 20.1 Å². The second-order valence-electron chi connectivity index (χ2n) is 6.30. The van der Waals surface area contributed by atoms with Crippen LogP contribution in [0.2, 0.25) is 0 Å². The quantitative estimate of drug-likeness (QED) is 0.859. The molecule has 1 N–H and O–H groups in total. The van der Waals surface area contributed by atoms with Crippen molar-refractivity contribution in [2.75, 3.05) is 31.2 Å². The molecule has 1 saturated heterocycles. The van der Waals surface area contributed by atoms with Crippen LogP contribution < -0.4 is 10.2 Å². The van der Waals surface area contributed by atoms with Gasteiger partial charge in [-0.15, -0.1) is 0 Å². The van der Waals surface area contributed by atoms with Crippen molar-refractivity contribution >= 4 is 11.7 Å². The largest absolute Gasteiger partial charge is 0.378 e. The fraction of sp³-hybridized carbons (Fsp3) is 0.500. The molecule has 0 spiro atoms. The number of aromatic nitrogens is 3. The van der Waals surface area contributed by atoms with E-state index in [2.05, 4.69) is 20.3 Å². The van der Waals surface area contributed by atoms with E-state index in [0.29, 0.717) is 19.5 Å². The Morgan fingerprint density at radius 2 is 2.08 bits per heavy atom. The number of ether oxygens (including phenoxy) is 1. The molecule has 7 heteroatoms. The third-order valence-electron chi connectivity index (χ3n) is 4.29. The van der Waals surface area contributed by atoms with Crippen molar-refractivity contribution in [3.8, 4) is 0 Å². The van der Waals surface area contributed by atoms with E-state index in [-0.39, 0.29) is 5.91 Å². The maximum atomic E-state index is 12.0. The van der Waals surface area contributed by atoms with E-state index in [1.54, 1.807) is 0 Å². The van der Waals surface area contributed by atoms with Gasteiger partial charge in [0.15, 0.2) is 0 Å². The highest BCUT2D eigenvalue weighted by Crippen LogP contribution is 2.13. The van der Waals surface area contributed by atoms with Gasteiger partial charge in [0.05, 0.1) is 18.9 Å². The van der Waals surface area contributed by atoms with E-state index in [4.69, 9.17) is 4.74 Å². The van der Waals surface area contributed by atoms with Crippen LogP contribution in [0.15, 0.2) is 24.4 Å². The summed E-state index contributed by atoms with van der Waals surface area (Å²) in [7, 11) is 0. The van der Waals surface area contributed by atoms with Gasteiger partial charge in [-0.1, -0.05) is 6.07 Å². The average molecular weight is 343 g/mol. The van der Waals surface area contributed by atoms with Crippen molar-refractivity contribution in [3.63, 3.8) is 0 Å². The Balaban J connectivity index is 1.44. The molecule has 7 nitrogen and oxygen atoms in total. The van der Waals surface area contributed by atoms with E-state index >= 15 is 0 Å². The van der Waals surface area contributed by atoms with Crippen LogP contribution >= 0.6 is 0 Å². The van der Waals surface area contributed by atoms with Gasteiger partial charge in [-0.05, 0) is 31.5 Å². The minimum atomic E-state index is 0.0183. The Morgan fingerprint density at radius 1 is 1.28 bits per heavy atom. The molecule has 134 valence electrons. The van der Waals surface area contributed by atoms with E-state index in [9.17, 15) is 4.79 Å². The zero-order valence-electron chi connectivity index (χ0n) is 14.9. The highest BCUT2D eigenvalue weighted by molar-refractivity contribution is 5.75. The molecule has 2 aromatic heterocycles. The van der Waals surface area contributed by atoms with Crippen LogP contribution in [0.1, 0.15) is 23.4 Å². The molecular weight excluding hydrogens is 318 g/mol. The first-order valence-corrected chi connectivity index (χ1v) is 8.67. The summed E-state index contributed by atoms with van der Waals surface area (Å²) < 4.78 is 7.22. The Labute approximate surface area is 148 Å². The Bertz CT molecular complexity index is 705. The molecule has 3 heterocycles. The molecule has 0 aromatic carbocycles. The lowest BCUT2D eigenvalue weighted by atomic mass is 10.2. The van der Waals surface area contributed by atoms with E-state index in [0.717, 1.165) is 49.1 Å². The van der Waals surface area contributed by atoms with Crippen LogP contribution in [0.4, 0.5) is 5.82 Å². The molecule has 0 unspecified atom stereocenters. The number of rotatable bonds is 6. The third kappa shape index (κ3) is 4.79. The minimum Gasteiger partial charge on any atom is -0.378 e. The Kier molecular flexibility index (Phi) is 5.65.